The standard InChI is InChI=1S/C13H20FNOS/c1-3-15-10-11-12(14)6-4-7-13(11)17-9-5-8-16-2/h4,6-7,15H,3,5,8-10H2,1-2H3. The topological polar surface area (TPSA) is 21.3 Å². The van der Waals surface area contributed by atoms with Crippen molar-refractivity contribution in [2.45, 2.75) is 24.8 Å². The van der Waals surface area contributed by atoms with Crippen LogP contribution in [-0.2, 0) is 11.3 Å². The van der Waals surface area contributed by atoms with Crippen LogP contribution in [0.5, 0.6) is 0 Å². The van der Waals surface area contributed by atoms with Crippen LogP contribution in [0, 0.1) is 5.82 Å². The third kappa shape index (κ3) is 5.06. The lowest BCUT2D eigenvalue weighted by Crippen LogP contribution is -2.13. The molecule has 0 saturated heterocycles. The Bertz CT molecular complexity index is 333. The van der Waals surface area contributed by atoms with Crippen LogP contribution in [0.15, 0.2) is 23.1 Å². The number of ether oxygens (including phenoxy) is 1. The van der Waals surface area contributed by atoms with E-state index in [2.05, 4.69) is 5.32 Å². The molecule has 0 aliphatic heterocycles. The van der Waals surface area contributed by atoms with Crippen LogP contribution < -0.4 is 5.32 Å². The second kappa shape index (κ2) is 8.50. The Morgan fingerprint density at radius 3 is 2.94 bits per heavy atom. The maximum atomic E-state index is 13.7. The molecule has 1 N–H and O–H groups in total. The number of benzene rings is 1. The van der Waals surface area contributed by atoms with Crippen LogP contribution in [0.2, 0.25) is 0 Å². The monoisotopic (exact) mass is 257 g/mol. The highest BCUT2D eigenvalue weighted by Gasteiger charge is 2.07. The zero-order chi connectivity index (χ0) is 12.5. The summed E-state index contributed by atoms with van der Waals surface area (Å²) in [7, 11) is 1.70. The van der Waals surface area contributed by atoms with Gasteiger partial charge in [0, 0.05) is 36.5 Å². The molecule has 0 radical (unpaired) electrons. The first-order valence-corrected chi connectivity index (χ1v) is 6.88. The van der Waals surface area contributed by atoms with Crippen molar-refractivity contribution >= 4 is 11.8 Å². The van der Waals surface area contributed by atoms with Crippen LogP contribution >= 0.6 is 11.8 Å². The summed E-state index contributed by atoms with van der Waals surface area (Å²) in [4.78, 5) is 1.03. The number of hydrogen-bond donors (Lipinski definition) is 1. The summed E-state index contributed by atoms with van der Waals surface area (Å²) < 4.78 is 18.7. The highest BCUT2D eigenvalue weighted by molar-refractivity contribution is 7.99. The molecule has 1 rings (SSSR count). The number of methoxy groups -OCH3 is 1. The Balaban J connectivity index is 2.59. The quantitative estimate of drug-likeness (QED) is 0.571. The molecule has 4 heteroatoms. The van der Waals surface area contributed by atoms with Gasteiger partial charge in [0.2, 0.25) is 0 Å². The van der Waals surface area contributed by atoms with Gasteiger partial charge in [-0.05, 0) is 25.1 Å². The Morgan fingerprint density at radius 2 is 2.24 bits per heavy atom. The first-order chi connectivity index (χ1) is 8.29. The van der Waals surface area contributed by atoms with Crippen molar-refractivity contribution in [3.63, 3.8) is 0 Å². The molecule has 0 fully saturated rings. The Hall–Kier alpha value is -0.580. The van der Waals surface area contributed by atoms with Crippen molar-refractivity contribution in [1.82, 2.24) is 5.32 Å². The molecule has 0 aliphatic rings. The van der Waals surface area contributed by atoms with Crippen molar-refractivity contribution < 1.29 is 9.13 Å². The molecular weight excluding hydrogens is 237 g/mol. The van der Waals surface area contributed by atoms with Gasteiger partial charge < -0.3 is 10.1 Å². The molecule has 0 unspecified atom stereocenters. The number of halogens is 1. The molecule has 0 bridgehead atoms. The fraction of sp³-hybridized carbons (Fsp3) is 0.538. The van der Waals surface area contributed by atoms with E-state index in [1.54, 1.807) is 24.9 Å². The average molecular weight is 257 g/mol. The molecule has 1 aromatic rings. The van der Waals surface area contributed by atoms with Crippen molar-refractivity contribution in [3.05, 3.63) is 29.6 Å². The molecule has 0 spiro atoms. The lowest BCUT2D eigenvalue weighted by molar-refractivity contribution is 0.200. The average Bonchev–Trinajstić information content (AvgIpc) is 2.34. The minimum atomic E-state index is -0.123. The number of rotatable bonds is 8. The van der Waals surface area contributed by atoms with Gasteiger partial charge in [0.15, 0.2) is 0 Å². The van der Waals surface area contributed by atoms with E-state index in [-0.39, 0.29) is 5.82 Å². The van der Waals surface area contributed by atoms with E-state index < -0.39 is 0 Å². The third-order valence-corrected chi connectivity index (χ3v) is 3.56. The van der Waals surface area contributed by atoms with E-state index in [9.17, 15) is 4.39 Å². The summed E-state index contributed by atoms with van der Waals surface area (Å²) in [5, 5.41) is 3.17. The molecule has 2 nitrogen and oxygen atoms in total. The SMILES string of the molecule is CCNCc1c(F)cccc1SCCCOC. The summed E-state index contributed by atoms with van der Waals surface area (Å²) in [5.74, 6) is 0.832. The Kier molecular flexibility index (Phi) is 7.24. The van der Waals surface area contributed by atoms with Crippen molar-refractivity contribution in [1.29, 1.82) is 0 Å². The highest BCUT2D eigenvalue weighted by atomic mass is 32.2. The lowest BCUT2D eigenvalue weighted by atomic mass is 10.2. The minimum Gasteiger partial charge on any atom is -0.385 e. The second-order valence-electron chi connectivity index (χ2n) is 3.69. The largest absolute Gasteiger partial charge is 0.385 e. The lowest BCUT2D eigenvalue weighted by Gasteiger charge is -2.10. The van der Waals surface area contributed by atoms with E-state index in [0.717, 1.165) is 35.8 Å². The van der Waals surface area contributed by atoms with Gasteiger partial charge in [-0.15, -0.1) is 11.8 Å². The molecular formula is C13H20FNOS. The van der Waals surface area contributed by atoms with E-state index in [4.69, 9.17) is 4.74 Å². The van der Waals surface area contributed by atoms with Gasteiger partial charge >= 0.3 is 0 Å². The van der Waals surface area contributed by atoms with Gasteiger partial charge in [-0.1, -0.05) is 13.0 Å². The van der Waals surface area contributed by atoms with Crippen LogP contribution in [0.1, 0.15) is 18.9 Å². The summed E-state index contributed by atoms with van der Waals surface area (Å²) >= 11 is 1.69. The summed E-state index contributed by atoms with van der Waals surface area (Å²) in [6, 6.07) is 5.27. The van der Waals surface area contributed by atoms with Crippen molar-refractivity contribution in [2.75, 3.05) is 26.0 Å². The Morgan fingerprint density at radius 1 is 1.41 bits per heavy atom. The van der Waals surface area contributed by atoms with Crippen LogP contribution in [0.4, 0.5) is 4.39 Å². The zero-order valence-electron chi connectivity index (χ0n) is 10.5. The maximum absolute atomic E-state index is 13.7. The molecule has 17 heavy (non-hydrogen) atoms. The fourth-order valence-electron chi connectivity index (χ4n) is 1.48. The van der Waals surface area contributed by atoms with E-state index in [0.29, 0.717) is 6.54 Å². The van der Waals surface area contributed by atoms with Crippen molar-refractivity contribution in [2.24, 2.45) is 0 Å². The van der Waals surface area contributed by atoms with Crippen LogP contribution in [0.3, 0.4) is 0 Å². The Labute approximate surface area is 107 Å². The molecule has 0 amide bonds. The molecule has 0 saturated carbocycles. The van der Waals surface area contributed by atoms with Gasteiger partial charge in [-0.2, -0.15) is 0 Å². The summed E-state index contributed by atoms with van der Waals surface area (Å²) in [6.45, 7) is 4.22. The predicted octanol–water partition coefficient (Wildman–Crippen LogP) is 3.06. The molecule has 0 aliphatic carbocycles. The highest BCUT2D eigenvalue weighted by Crippen LogP contribution is 2.25. The number of nitrogens with one attached hydrogen (secondary N) is 1. The van der Waals surface area contributed by atoms with Gasteiger partial charge in [-0.3, -0.25) is 0 Å². The summed E-state index contributed by atoms with van der Waals surface area (Å²) in [6.07, 6.45) is 0.984. The first kappa shape index (κ1) is 14.5. The van der Waals surface area contributed by atoms with E-state index in [1.807, 2.05) is 13.0 Å². The second-order valence-corrected chi connectivity index (χ2v) is 4.83. The van der Waals surface area contributed by atoms with Crippen LogP contribution in [-0.4, -0.2) is 26.0 Å². The molecule has 0 atom stereocenters. The number of thioether (sulfide) groups is 1. The third-order valence-electron chi connectivity index (χ3n) is 2.38. The smallest absolute Gasteiger partial charge is 0.128 e. The molecule has 0 heterocycles. The fourth-order valence-corrected chi connectivity index (χ4v) is 2.48. The van der Waals surface area contributed by atoms with Gasteiger partial charge in [-0.25, -0.2) is 4.39 Å². The molecule has 0 aromatic heterocycles. The van der Waals surface area contributed by atoms with E-state index in [1.165, 1.54) is 6.07 Å². The minimum absolute atomic E-state index is 0.123. The normalized spacial score (nSPS) is 10.8. The molecule has 1 aromatic carbocycles. The summed E-state index contributed by atoms with van der Waals surface area (Å²) in [5.41, 5.74) is 0.775. The maximum Gasteiger partial charge on any atom is 0.128 e. The van der Waals surface area contributed by atoms with Crippen molar-refractivity contribution in [3.8, 4) is 0 Å². The molecule has 96 valence electrons. The number of hydrogen-bond acceptors (Lipinski definition) is 3. The first-order valence-electron chi connectivity index (χ1n) is 5.89. The zero-order valence-corrected chi connectivity index (χ0v) is 11.3. The van der Waals surface area contributed by atoms with E-state index >= 15 is 0 Å². The van der Waals surface area contributed by atoms with Crippen LogP contribution in [0.25, 0.3) is 0 Å². The van der Waals surface area contributed by atoms with Gasteiger partial charge in [0.1, 0.15) is 5.82 Å². The van der Waals surface area contributed by atoms with Gasteiger partial charge in [0.05, 0.1) is 0 Å². The predicted molar refractivity (Wildman–Crippen MR) is 71.0 cm³/mol. The van der Waals surface area contributed by atoms with Gasteiger partial charge in [0.25, 0.3) is 0 Å².